The fourth-order valence-electron chi connectivity index (χ4n) is 4.07. The number of fused-ring (bicyclic) bond motifs is 4. The molecule has 0 saturated carbocycles. The molecule has 0 amide bonds. The first kappa shape index (κ1) is 17.4. The Morgan fingerprint density at radius 3 is 2.57 bits per heavy atom. The van der Waals surface area contributed by atoms with E-state index in [2.05, 4.69) is 47.4 Å². The number of aromatic nitrogens is 1. The van der Waals surface area contributed by atoms with Gasteiger partial charge in [0, 0.05) is 31.3 Å². The minimum absolute atomic E-state index is 0.203. The second kappa shape index (κ2) is 7.04. The Labute approximate surface area is 166 Å². The van der Waals surface area contributed by atoms with Crippen molar-refractivity contribution in [3.05, 3.63) is 72.0 Å². The van der Waals surface area contributed by atoms with Crippen LogP contribution in [0.5, 0.6) is 0 Å². The summed E-state index contributed by atoms with van der Waals surface area (Å²) in [7, 11) is 0. The van der Waals surface area contributed by atoms with Gasteiger partial charge in [-0.15, -0.1) is 11.3 Å². The first-order valence-electron chi connectivity index (χ1n) is 9.67. The van der Waals surface area contributed by atoms with Crippen molar-refractivity contribution in [2.75, 3.05) is 6.54 Å². The third-order valence-corrected chi connectivity index (χ3v) is 6.59. The molecule has 0 saturated heterocycles. The van der Waals surface area contributed by atoms with Gasteiger partial charge in [-0.05, 0) is 61.2 Å². The number of hydrogen-bond donors (Lipinski definition) is 2. The number of nitrogens with one attached hydrogen (secondary N) is 1. The highest BCUT2D eigenvalue weighted by atomic mass is 32.1. The number of unbranched alkanes of at least 4 members (excludes halogenated alkanes) is 1. The second-order valence-corrected chi connectivity index (χ2v) is 8.28. The van der Waals surface area contributed by atoms with E-state index in [1.54, 1.807) is 6.07 Å². The van der Waals surface area contributed by atoms with Gasteiger partial charge in [-0.3, -0.25) is 0 Å². The molecule has 140 valence electrons. The van der Waals surface area contributed by atoms with Gasteiger partial charge in [0.2, 0.25) is 0 Å². The molecule has 0 aliphatic heterocycles. The summed E-state index contributed by atoms with van der Waals surface area (Å²) in [6.45, 7) is 0.679. The number of hydrogen-bond acceptors (Lipinski definition) is 2. The largest absolute Gasteiger partial charge is 0.352 e. The van der Waals surface area contributed by atoms with Crippen LogP contribution in [0.1, 0.15) is 18.4 Å². The zero-order valence-electron chi connectivity index (χ0n) is 15.5. The monoisotopic (exact) mass is 388 g/mol. The minimum Gasteiger partial charge on any atom is -0.352 e. The standard InChI is InChI=1S/C24H21FN2S/c25-20-9-5-8-18-17(7-3-4-13-26)23(27-24(18)20)15-11-12-22-19(14-15)16-6-1-2-10-21(16)28-22/h1-2,5-6,8-12,14,27H,3-4,7,13,26H2. The topological polar surface area (TPSA) is 41.8 Å². The van der Waals surface area contributed by atoms with Crippen LogP contribution in [-0.4, -0.2) is 11.5 Å². The van der Waals surface area contributed by atoms with Gasteiger partial charge in [-0.2, -0.15) is 0 Å². The van der Waals surface area contributed by atoms with Gasteiger partial charge in [0.05, 0.1) is 5.52 Å². The molecule has 0 bridgehead atoms. The zero-order chi connectivity index (χ0) is 19.1. The van der Waals surface area contributed by atoms with Crippen molar-refractivity contribution in [1.29, 1.82) is 0 Å². The number of nitrogens with two attached hydrogens (primary N) is 1. The maximum absolute atomic E-state index is 14.4. The Morgan fingerprint density at radius 2 is 1.68 bits per heavy atom. The Bertz CT molecular complexity index is 1300. The number of aryl methyl sites for hydroxylation is 1. The number of H-pyrrole nitrogens is 1. The molecule has 4 heteroatoms. The van der Waals surface area contributed by atoms with Crippen molar-refractivity contribution in [3.63, 3.8) is 0 Å². The highest BCUT2D eigenvalue weighted by Gasteiger charge is 2.16. The van der Waals surface area contributed by atoms with Crippen molar-refractivity contribution in [3.8, 4) is 11.3 Å². The highest BCUT2D eigenvalue weighted by Crippen LogP contribution is 2.38. The van der Waals surface area contributed by atoms with E-state index in [0.29, 0.717) is 12.1 Å². The summed E-state index contributed by atoms with van der Waals surface area (Å²) in [6.07, 6.45) is 2.85. The van der Waals surface area contributed by atoms with E-state index in [0.717, 1.165) is 35.9 Å². The molecule has 0 spiro atoms. The van der Waals surface area contributed by atoms with Crippen LogP contribution in [0.25, 0.3) is 42.3 Å². The molecule has 5 aromatic rings. The molecule has 5 rings (SSSR count). The Kier molecular flexibility index (Phi) is 4.38. The van der Waals surface area contributed by atoms with E-state index in [4.69, 9.17) is 5.73 Å². The van der Waals surface area contributed by atoms with Gasteiger partial charge in [0.1, 0.15) is 5.82 Å². The number of halogens is 1. The fraction of sp³-hybridized carbons (Fsp3) is 0.167. The molecule has 2 nitrogen and oxygen atoms in total. The minimum atomic E-state index is -0.203. The van der Waals surface area contributed by atoms with Crippen molar-refractivity contribution in [2.45, 2.75) is 19.3 Å². The van der Waals surface area contributed by atoms with Gasteiger partial charge in [-0.1, -0.05) is 36.4 Å². The summed E-state index contributed by atoms with van der Waals surface area (Å²) in [5.41, 5.74) is 9.59. The maximum atomic E-state index is 14.4. The number of rotatable bonds is 5. The molecule has 0 atom stereocenters. The molecule has 3 aromatic carbocycles. The van der Waals surface area contributed by atoms with Crippen LogP contribution in [0.2, 0.25) is 0 Å². The first-order chi connectivity index (χ1) is 13.8. The average Bonchev–Trinajstić information content (AvgIpc) is 3.27. The van der Waals surface area contributed by atoms with Gasteiger partial charge in [0.15, 0.2) is 0 Å². The lowest BCUT2D eigenvalue weighted by Crippen LogP contribution is -1.99. The molecular weight excluding hydrogens is 367 g/mol. The molecule has 2 heterocycles. The third kappa shape index (κ3) is 2.81. The van der Waals surface area contributed by atoms with Crippen molar-refractivity contribution >= 4 is 42.4 Å². The smallest absolute Gasteiger partial charge is 0.147 e. The molecular formula is C24H21FN2S. The lowest BCUT2D eigenvalue weighted by atomic mass is 9.99. The van der Waals surface area contributed by atoms with Crippen LogP contribution in [0.3, 0.4) is 0 Å². The van der Waals surface area contributed by atoms with Crippen LogP contribution in [0.4, 0.5) is 4.39 Å². The van der Waals surface area contributed by atoms with Gasteiger partial charge >= 0.3 is 0 Å². The van der Waals surface area contributed by atoms with E-state index in [9.17, 15) is 4.39 Å². The molecule has 28 heavy (non-hydrogen) atoms. The highest BCUT2D eigenvalue weighted by molar-refractivity contribution is 7.25. The number of benzene rings is 3. The predicted molar refractivity (Wildman–Crippen MR) is 119 cm³/mol. The molecule has 0 fully saturated rings. The van der Waals surface area contributed by atoms with Crippen molar-refractivity contribution in [1.82, 2.24) is 4.98 Å². The first-order valence-corrected chi connectivity index (χ1v) is 10.5. The number of thiophene rings is 1. The molecule has 0 aliphatic carbocycles. The van der Waals surface area contributed by atoms with E-state index in [1.807, 2.05) is 17.4 Å². The summed E-state index contributed by atoms with van der Waals surface area (Å²) in [5, 5.41) is 3.50. The lowest BCUT2D eigenvalue weighted by molar-refractivity contribution is 0.637. The van der Waals surface area contributed by atoms with Crippen LogP contribution in [0.15, 0.2) is 60.7 Å². The second-order valence-electron chi connectivity index (χ2n) is 7.20. The van der Waals surface area contributed by atoms with Crippen LogP contribution < -0.4 is 5.73 Å². The maximum Gasteiger partial charge on any atom is 0.147 e. The summed E-state index contributed by atoms with van der Waals surface area (Å²) < 4.78 is 17.0. The van der Waals surface area contributed by atoms with E-state index < -0.39 is 0 Å². The summed E-state index contributed by atoms with van der Waals surface area (Å²) in [5.74, 6) is -0.203. The molecule has 0 unspecified atom stereocenters. The van der Waals surface area contributed by atoms with Gasteiger partial charge in [0.25, 0.3) is 0 Å². The van der Waals surface area contributed by atoms with Crippen LogP contribution >= 0.6 is 11.3 Å². The van der Waals surface area contributed by atoms with Gasteiger partial charge in [-0.25, -0.2) is 4.39 Å². The third-order valence-electron chi connectivity index (χ3n) is 5.44. The summed E-state index contributed by atoms with van der Waals surface area (Å²) in [6, 6.07) is 20.4. The van der Waals surface area contributed by atoms with Gasteiger partial charge < -0.3 is 10.7 Å². The molecule has 3 N–H and O–H groups in total. The van der Waals surface area contributed by atoms with Crippen LogP contribution in [0, 0.1) is 5.82 Å². The summed E-state index contributed by atoms with van der Waals surface area (Å²) >= 11 is 1.81. The van der Waals surface area contributed by atoms with Crippen LogP contribution in [-0.2, 0) is 6.42 Å². The Balaban J connectivity index is 1.72. The number of para-hydroxylation sites is 1. The van der Waals surface area contributed by atoms with E-state index in [-0.39, 0.29) is 5.82 Å². The average molecular weight is 389 g/mol. The number of aromatic amines is 1. The van der Waals surface area contributed by atoms with E-state index in [1.165, 1.54) is 31.8 Å². The predicted octanol–water partition coefficient (Wildman–Crippen LogP) is 6.62. The Hall–Kier alpha value is -2.69. The summed E-state index contributed by atoms with van der Waals surface area (Å²) in [4.78, 5) is 3.38. The normalized spacial score (nSPS) is 11.8. The van der Waals surface area contributed by atoms with E-state index >= 15 is 0 Å². The van der Waals surface area contributed by atoms with Crippen molar-refractivity contribution in [2.24, 2.45) is 5.73 Å². The quantitative estimate of drug-likeness (QED) is 0.326. The van der Waals surface area contributed by atoms with Crippen molar-refractivity contribution < 1.29 is 4.39 Å². The molecule has 0 radical (unpaired) electrons. The fourth-order valence-corrected chi connectivity index (χ4v) is 5.16. The Morgan fingerprint density at radius 1 is 0.857 bits per heavy atom. The molecule has 0 aliphatic rings. The zero-order valence-corrected chi connectivity index (χ0v) is 16.3. The SMILES string of the molecule is NCCCCc1c(-c2ccc3sc4ccccc4c3c2)[nH]c2c(F)cccc12. The molecule has 2 aromatic heterocycles. The lowest BCUT2D eigenvalue weighted by Gasteiger charge is -2.06.